The zero-order valence-electron chi connectivity index (χ0n) is 45.7. The molecule has 0 aliphatic carbocycles. The maximum absolute atomic E-state index is 12.9. The molecule has 0 aromatic rings. The summed E-state index contributed by atoms with van der Waals surface area (Å²) in [6.07, 6.45) is 81.5. The molecule has 0 fully saturated rings. The molecule has 6 heteroatoms. The summed E-state index contributed by atoms with van der Waals surface area (Å²) >= 11 is 0. The van der Waals surface area contributed by atoms with Crippen LogP contribution in [0.5, 0.6) is 0 Å². The highest BCUT2D eigenvalue weighted by Crippen LogP contribution is 2.14. The van der Waals surface area contributed by atoms with Crippen molar-refractivity contribution in [3.05, 3.63) is 134 Å². The van der Waals surface area contributed by atoms with E-state index in [1.54, 1.807) is 0 Å². The van der Waals surface area contributed by atoms with Gasteiger partial charge in [-0.05, 0) is 96.3 Å². The predicted molar refractivity (Wildman–Crippen MR) is 306 cm³/mol. The van der Waals surface area contributed by atoms with Gasteiger partial charge in [-0.3, -0.25) is 14.4 Å². The van der Waals surface area contributed by atoms with Crippen molar-refractivity contribution in [3.8, 4) is 0 Å². The summed E-state index contributed by atoms with van der Waals surface area (Å²) < 4.78 is 16.8. The van der Waals surface area contributed by atoms with E-state index < -0.39 is 6.10 Å². The molecule has 0 radical (unpaired) electrons. The van der Waals surface area contributed by atoms with Gasteiger partial charge in [0.05, 0.1) is 0 Å². The van der Waals surface area contributed by atoms with Crippen molar-refractivity contribution in [2.24, 2.45) is 0 Å². The van der Waals surface area contributed by atoms with E-state index in [-0.39, 0.29) is 31.1 Å². The number of esters is 3. The lowest BCUT2D eigenvalue weighted by molar-refractivity contribution is -0.167. The Hall–Kier alpha value is -4.45. The molecule has 0 bridgehead atoms. The molecular weight excluding hydrogens is 877 g/mol. The number of hydrogen-bond acceptors (Lipinski definition) is 6. The molecule has 0 aliphatic heterocycles. The molecular formula is C65H104O6. The van der Waals surface area contributed by atoms with Gasteiger partial charge in [0, 0.05) is 19.3 Å². The van der Waals surface area contributed by atoms with Crippen LogP contribution in [-0.4, -0.2) is 37.2 Å². The molecule has 0 saturated carbocycles. The summed E-state index contributed by atoms with van der Waals surface area (Å²) in [6, 6.07) is 0. The molecule has 0 aliphatic rings. The SMILES string of the molecule is CC\C=C/C=C\C=C/C=C\C=C\C=C/C=C\CCCCCC(=O)OCC(COC(=O)CCCCCCCC/C=C\C/C=C\C/C=C\CC)OC(=O)CCCCCCC/C=C\CCCCCCCCCCC. The standard InChI is InChI=1S/C65H104O6/c1-4-7-10-13-16-19-22-25-28-31-33-35-37-40-43-46-49-52-55-58-64(67)70-61-62(60-69-63(66)57-54-51-48-45-42-39-36-30-27-24-21-18-15-12-9-6-3)71-65(68)59-56-53-50-47-44-41-38-34-32-29-26-23-20-17-14-11-8-5-2/h7,9-10,12-13,16,18-19,21-22,25,27-28,30-31,33-35,37-38,40,43,62H,4-6,8,11,14-15,17,20,23-24,26,29,32,36,39,41-42,44-61H2,1-3H3/b10-7-,12-9-,16-13-,21-18-,22-19-,28-25-,30-27-,33-31+,37-35-,38-34-,43-40-. The Morgan fingerprint density at radius 1 is 0.310 bits per heavy atom. The Bertz CT molecular complexity index is 1550. The highest BCUT2D eigenvalue weighted by molar-refractivity contribution is 5.71. The maximum atomic E-state index is 12.9. The fourth-order valence-corrected chi connectivity index (χ4v) is 7.55. The summed E-state index contributed by atoms with van der Waals surface area (Å²) in [5.41, 5.74) is 0. The van der Waals surface area contributed by atoms with E-state index >= 15 is 0 Å². The number of rotatable bonds is 50. The Labute approximate surface area is 436 Å². The monoisotopic (exact) mass is 981 g/mol. The molecule has 1 unspecified atom stereocenters. The smallest absolute Gasteiger partial charge is 0.306 e. The maximum Gasteiger partial charge on any atom is 0.306 e. The van der Waals surface area contributed by atoms with E-state index in [2.05, 4.69) is 81.5 Å². The molecule has 0 aromatic heterocycles. The third-order valence-corrected chi connectivity index (χ3v) is 11.8. The first-order chi connectivity index (χ1) is 35.0. The quantitative estimate of drug-likeness (QED) is 0.0199. The Balaban J connectivity index is 4.54. The highest BCUT2D eigenvalue weighted by Gasteiger charge is 2.19. The lowest BCUT2D eigenvalue weighted by atomic mass is 10.1. The Morgan fingerprint density at radius 2 is 0.620 bits per heavy atom. The fourth-order valence-electron chi connectivity index (χ4n) is 7.55. The molecule has 1 atom stereocenters. The number of ether oxygens (including phenoxy) is 3. The van der Waals surface area contributed by atoms with Crippen LogP contribution in [0.3, 0.4) is 0 Å². The molecule has 6 nitrogen and oxygen atoms in total. The summed E-state index contributed by atoms with van der Waals surface area (Å²) in [5, 5.41) is 0. The van der Waals surface area contributed by atoms with Gasteiger partial charge in [-0.1, -0.05) is 257 Å². The molecule has 0 saturated heterocycles. The van der Waals surface area contributed by atoms with E-state index in [1.165, 1.54) is 83.5 Å². The summed E-state index contributed by atoms with van der Waals surface area (Å²) in [6.45, 7) is 6.32. The topological polar surface area (TPSA) is 78.9 Å². The zero-order chi connectivity index (χ0) is 51.4. The first-order valence-electron chi connectivity index (χ1n) is 28.8. The van der Waals surface area contributed by atoms with E-state index in [0.717, 1.165) is 116 Å². The lowest BCUT2D eigenvalue weighted by Gasteiger charge is -2.18. The zero-order valence-corrected chi connectivity index (χ0v) is 45.7. The van der Waals surface area contributed by atoms with Crippen molar-refractivity contribution in [2.75, 3.05) is 13.2 Å². The van der Waals surface area contributed by atoms with E-state index in [9.17, 15) is 14.4 Å². The average molecular weight is 982 g/mol. The van der Waals surface area contributed by atoms with Crippen LogP contribution in [-0.2, 0) is 28.6 Å². The van der Waals surface area contributed by atoms with Crippen LogP contribution in [0, 0.1) is 0 Å². The van der Waals surface area contributed by atoms with Crippen molar-refractivity contribution >= 4 is 17.9 Å². The summed E-state index contributed by atoms with van der Waals surface area (Å²) in [7, 11) is 0. The van der Waals surface area contributed by atoms with E-state index in [0.29, 0.717) is 19.3 Å². The predicted octanol–water partition coefficient (Wildman–Crippen LogP) is 19.4. The first kappa shape index (κ1) is 66.6. The number of carbonyl (C=O) groups excluding carboxylic acids is 3. The van der Waals surface area contributed by atoms with Gasteiger partial charge >= 0.3 is 17.9 Å². The molecule has 0 spiro atoms. The molecule has 0 aromatic carbocycles. The van der Waals surface area contributed by atoms with Crippen LogP contribution < -0.4 is 0 Å². The minimum Gasteiger partial charge on any atom is -0.462 e. The highest BCUT2D eigenvalue weighted by atomic mass is 16.6. The minimum atomic E-state index is -0.813. The van der Waals surface area contributed by atoms with Crippen LogP contribution in [0.2, 0.25) is 0 Å². The minimum absolute atomic E-state index is 0.108. The normalized spacial score (nSPS) is 13.1. The van der Waals surface area contributed by atoms with Crippen molar-refractivity contribution in [2.45, 2.75) is 245 Å². The van der Waals surface area contributed by atoms with Gasteiger partial charge in [0.25, 0.3) is 0 Å². The second-order valence-corrected chi connectivity index (χ2v) is 18.6. The van der Waals surface area contributed by atoms with Crippen LogP contribution in [0.1, 0.15) is 239 Å². The molecule has 0 amide bonds. The van der Waals surface area contributed by atoms with Crippen LogP contribution >= 0.6 is 0 Å². The second-order valence-electron chi connectivity index (χ2n) is 18.6. The Kier molecular flexibility index (Phi) is 54.5. The van der Waals surface area contributed by atoms with Gasteiger partial charge < -0.3 is 14.2 Å². The van der Waals surface area contributed by atoms with Gasteiger partial charge in [-0.15, -0.1) is 0 Å². The van der Waals surface area contributed by atoms with Crippen molar-refractivity contribution in [3.63, 3.8) is 0 Å². The van der Waals surface area contributed by atoms with Crippen LogP contribution in [0.25, 0.3) is 0 Å². The molecule has 0 rings (SSSR count). The molecule has 0 N–H and O–H groups in total. The Morgan fingerprint density at radius 3 is 1.06 bits per heavy atom. The lowest BCUT2D eigenvalue weighted by Crippen LogP contribution is -2.30. The van der Waals surface area contributed by atoms with Gasteiger partial charge in [-0.25, -0.2) is 0 Å². The van der Waals surface area contributed by atoms with E-state index in [1.807, 2.05) is 72.9 Å². The summed E-state index contributed by atoms with van der Waals surface area (Å²) in [5.74, 6) is -0.977. The molecule has 0 heterocycles. The number of carbonyl (C=O) groups is 3. The van der Waals surface area contributed by atoms with Gasteiger partial charge in [-0.2, -0.15) is 0 Å². The van der Waals surface area contributed by atoms with Crippen molar-refractivity contribution in [1.29, 1.82) is 0 Å². The van der Waals surface area contributed by atoms with Gasteiger partial charge in [0.2, 0.25) is 0 Å². The second kappa shape index (κ2) is 58.1. The number of allylic oxidation sites excluding steroid dienone is 22. The third-order valence-electron chi connectivity index (χ3n) is 11.8. The van der Waals surface area contributed by atoms with Crippen molar-refractivity contribution in [1.82, 2.24) is 0 Å². The molecule has 400 valence electrons. The van der Waals surface area contributed by atoms with Gasteiger partial charge in [0.15, 0.2) is 6.10 Å². The first-order valence-corrected chi connectivity index (χ1v) is 28.8. The van der Waals surface area contributed by atoms with E-state index in [4.69, 9.17) is 14.2 Å². The number of hydrogen-bond donors (Lipinski definition) is 0. The molecule has 71 heavy (non-hydrogen) atoms. The van der Waals surface area contributed by atoms with Crippen molar-refractivity contribution < 1.29 is 28.6 Å². The van der Waals surface area contributed by atoms with Crippen LogP contribution in [0.4, 0.5) is 0 Å². The van der Waals surface area contributed by atoms with Gasteiger partial charge in [0.1, 0.15) is 13.2 Å². The largest absolute Gasteiger partial charge is 0.462 e. The van der Waals surface area contributed by atoms with Crippen LogP contribution in [0.15, 0.2) is 134 Å². The third kappa shape index (κ3) is 56.3. The average Bonchev–Trinajstić information content (AvgIpc) is 3.37. The summed E-state index contributed by atoms with van der Waals surface area (Å²) in [4.78, 5) is 38.2. The fraction of sp³-hybridized carbons (Fsp3) is 0.615. The number of unbranched alkanes of at least 4 members (excludes halogenated alkanes) is 23.